The zero-order valence-corrected chi connectivity index (χ0v) is 12.9. The van der Waals surface area contributed by atoms with Gasteiger partial charge < -0.3 is 19.7 Å². The molecule has 0 radical (unpaired) electrons. The van der Waals surface area contributed by atoms with Crippen LogP contribution < -0.4 is 14.8 Å². The summed E-state index contributed by atoms with van der Waals surface area (Å²) in [5, 5.41) is 3.28. The highest BCUT2D eigenvalue weighted by atomic mass is 16.5. The van der Waals surface area contributed by atoms with Crippen molar-refractivity contribution >= 4 is 5.91 Å². The van der Waals surface area contributed by atoms with Gasteiger partial charge in [-0.1, -0.05) is 13.0 Å². The number of methoxy groups -OCH3 is 1. The predicted octanol–water partition coefficient (Wildman–Crippen LogP) is 1.46. The summed E-state index contributed by atoms with van der Waals surface area (Å²) >= 11 is 0. The summed E-state index contributed by atoms with van der Waals surface area (Å²) in [4.78, 5) is 14.0. The number of carbonyl (C=O) groups excluding carboxylic acids is 1. The number of aryl methyl sites for hydroxylation is 1. The lowest BCUT2D eigenvalue weighted by Crippen LogP contribution is -2.37. The molecule has 1 saturated heterocycles. The molecule has 1 N–H and O–H groups in total. The van der Waals surface area contributed by atoms with Crippen molar-refractivity contribution in [1.29, 1.82) is 0 Å². The van der Waals surface area contributed by atoms with Gasteiger partial charge in [-0.25, -0.2) is 0 Å². The number of hydrogen-bond donors (Lipinski definition) is 1. The van der Waals surface area contributed by atoms with E-state index in [9.17, 15) is 4.79 Å². The van der Waals surface area contributed by atoms with E-state index in [1.54, 1.807) is 7.11 Å². The van der Waals surface area contributed by atoms with E-state index in [0.29, 0.717) is 11.5 Å². The van der Waals surface area contributed by atoms with E-state index in [0.717, 1.165) is 39.0 Å². The molecule has 1 fully saturated rings. The molecular formula is C16H24N2O3. The molecule has 0 bridgehead atoms. The van der Waals surface area contributed by atoms with Gasteiger partial charge in [0.25, 0.3) is 5.91 Å². The first-order valence-electron chi connectivity index (χ1n) is 7.52. The Morgan fingerprint density at radius 2 is 2.14 bits per heavy atom. The van der Waals surface area contributed by atoms with Crippen LogP contribution in [0.5, 0.6) is 11.5 Å². The lowest BCUT2D eigenvalue weighted by molar-refractivity contribution is -0.133. The van der Waals surface area contributed by atoms with Gasteiger partial charge in [0.1, 0.15) is 0 Å². The minimum Gasteiger partial charge on any atom is -0.493 e. The molecule has 0 atom stereocenters. The van der Waals surface area contributed by atoms with Crippen LogP contribution in [0.4, 0.5) is 0 Å². The van der Waals surface area contributed by atoms with E-state index in [-0.39, 0.29) is 12.5 Å². The highest BCUT2D eigenvalue weighted by Gasteiger charge is 2.16. The molecule has 5 heteroatoms. The lowest BCUT2D eigenvalue weighted by atomic mass is 10.1. The van der Waals surface area contributed by atoms with Crippen molar-refractivity contribution in [3.05, 3.63) is 23.8 Å². The fourth-order valence-corrected chi connectivity index (χ4v) is 2.38. The molecule has 0 aliphatic carbocycles. The average molecular weight is 292 g/mol. The summed E-state index contributed by atoms with van der Waals surface area (Å²) in [5.41, 5.74) is 1.18. The molecule has 116 valence electrons. The van der Waals surface area contributed by atoms with Gasteiger partial charge in [-0.15, -0.1) is 0 Å². The molecule has 1 heterocycles. The summed E-state index contributed by atoms with van der Waals surface area (Å²) in [7, 11) is 1.62. The Balaban J connectivity index is 1.94. The van der Waals surface area contributed by atoms with Crippen LogP contribution in [0, 0.1) is 0 Å². The zero-order chi connectivity index (χ0) is 15.1. The second kappa shape index (κ2) is 7.88. The van der Waals surface area contributed by atoms with Crippen LogP contribution in [0.1, 0.15) is 18.9 Å². The summed E-state index contributed by atoms with van der Waals surface area (Å²) < 4.78 is 11.0. The molecule has 2 rings (SSSR count). The fourth-order valence-electron chi connectivity index (χ4n) is 2.38. The highest BCUT2D eigenvalue weighted by Crippen LogP contribution is 2.28. The molecule has 21 heavy (non-hydrogen) atoms. The molecule has 0 unspecified atom stereocenters. The van der Waals surface area contributed by atoms with Crippen molar-refractivity contribution in [2.75, 3.05) is 39.9 Å². The van der Waals surface area contributed by atoms with Crippen LogP contribution in [0.15, 0.2) is 18.2 Å². The molecule has 0 aromatic heterocycles. The zero-order valence-electron chi connectivity index (χ0n) is 12.9. The normalized spacial score (nSPS) is 15.4. The Labute approximate surface area is 126 Å². The Bertz CT molecular complexity index is 469. The predicted molar refractivity (Wildman–Crippen MR) is 81.9 cm³/mol. The SMILES string of the molecule is CCc1ccc(OCC(=O)N2CCCNCC2)c(OC)c1. The first kappa shape index (κ1) is 15.6. The van der Waals surface area contributed by atoms with Gasteiger partial charge >= 0.3 is 0 Å². The number of ether oxygens (including phenoxy) is 2. The number of nitrogens with zero attached hydrogens (tertiary/aromatic N) is 1. The summed E-state index contributed by atoms with van der Waals surface area (Å²) in [6, 6.07) is 5.82. The average Bonchev–Trinajstić information content (AvgIpc) is 2.81. The van der Waals surface area contributed by atoms with E-state index < -0.39 is 0 Å². The minimum absolute atomic E-state index is 0.0281. The van der Waals surface area contributed by atoms with Gasteiger partial charge in [0.15, 0.2) is 18.1 Å². The van der Waals surface area contributed by atoms with Crippen molar-refractivity contribution in [3.63, 3.8) is 0 Å². The third-order valence-electron chi connectivity index (χ3n) is 3.68. The van der Waals surface area contributed by atoms with Gasteiger partial charge in [0.2, 0.25) is 0 Å². The molecule has 5 nitrogen and oxygen atoms in total. The fraction of sp³-hybridized carbons (Fsp3) is 0.562. The largest absolute Gasteiger partial charge is 0.493 e. The summed E-state index contributed by atoms with van der Waals surface area (Å²) in [6.45, 7) is 5.50. The molecule has 1 amide bonds. The Morgan fingerprint density at radius 3 is 2.90 bits per heavy atom. The number of rotatable bonds is 5. The van der Waals surface area contributed by atoms with E-state index in [1.165, 1.54) is 5.56 Å². The minimum atomic E-state index is 0.0281. The van der Waals surface area contributed by atoms with Gasteiger partial charge in [0.05, 0.1) is 7.11 Å². The van der Waals surface area contributed by atoms with Crippen LogP contribution in [0.25, 0.3) is 0 Å². The molecule has 1 aromatic carbocycles. The van der Waals surface area contributed by atoms with Crippen molar-refractivity contribution in [3.8, 4) is 11.5 Å². The Hall–Kier alpha value is -1.75. The van der Waals surface area contributed by atoms with Crippen molar-refractivity contribution in [2.24, 2.45) is 0 Å². The maximum absolute atomic E-state index is 12.2. The Kier molecular flexibility index (Phi) is 5.87. The quantitative estimate of drug-likeness (QED) is 0.892. The van der Waals surface area contributed by atoms with Crippen molar-refractivity contribution in [1.82, 2.24) is 10.2 Å². The number of hydrogen-bond acceptors (Lipinski definition) is 4. The maximum atomic E-state index is 12.2. The molecule has 1 aliphatic rings. The maximum Gasteiger partial charge on any atom is 0.260 e. The molecule has 1 aromatic rings. The summed E-state index contributed by atoms with van der Waals surface area (Å²) in [6.07, 6.45) is 1.93. The van der Waals surface area contributed by atoms with Gasteiger partial charge in [-0.05, 0) is 37.1 Å². The second-order valence-electron chi connectivity index (χ2n) is 5.11. The van der Waals surface area contributed by atoms with Gasteiger partial charge in [-0.3, -0.25) is 4.79 Å². The van der Waals surface area contributed by atoms with E-state index in [4.69, 9.17) is 9.47 Å². The molecule has 0 spiro atoms. The lowest BCUT2D eigenvalue weighted by Gasteiger charge is -2.20. The number of nitrogens with one attached hydrogen (secondary N) is 1. The van der Waals surface area contributed by atoms with Crippen LogP contribution in [-0.4, -0.2) is 50.7 Å². The van der Waals surface area contributed by atoms with Gasteiger partial charge in [0, 0.05) is 19.6 Å². The van der Waals surface area contributed by atoms with Crippen LogP contribution >= 0.6 is 0 Å². The first-order chi connectivity index (χ1) is 10.2. The topological polar surface area (TPSA) is 50.8 Å². The number of carbonyl (C=O) groups is 1. The Morgan fingerprint density at radius 1 is 1.29 bits per heavy atom. The second-order valence-corrected chi connectivity index (χ2v) is 5.11. The van der Waals surface area contributed by atoms with Crippen molar-refractivity contribution < 1.29 is 14.3 Å². The standard InChI is InChI=1S/C16H24N2O3/c1-3-13-5-6-14(15(11-13)20-2)21-12-16(19)18-9-4-7-17-8-10-18/h5-6,11,17H,3-4,7-10,12H2,1-2H3. The van der Waals surface area contributed by atoms with Crippen LogP contribution in [0.2, 0.25) is 0 Å². The van der Waals surface area contributed by atoms with Crippen LogP contribution in [0.3, 0.4) is 0 Å². The smallest absolute Gasteiger partial charge is 0.260 e. The number of benzene rings is 1. The number of amides is 1. The van der Waals surface area contributed by atoms with E-state index >= 15 is 0 Å². The van der Waals surface area contributed by atoms with Crippen LogP contribution in [-0.2, 0) is 11.2 Å². The summed E-state index contributed by atoms with van der Waals surface area (Å²) in [5.74, 6) is 1.33. The molecule has 1 aliphatic heterocycles. The monoisotopic (exact) mass is 292 g/mol. The van der Waals surface area contributed by atoms with E-state index in [2.05, 4.69) is 12.2 Å². The van der Waals surface area contributed by atoms with Gasteiger partial charge in [-0.2, -0.15) is 0 Å². The molecule has 0 saturated carbocycles. The highest BCUT2D eigenvalue weighted by molar-refractivity contribution is 5.77. The third-order valence-corrected chi connectivity index (χ3v) is 3.68. The molecular weight excluding hydrogens is 268 g/mol. The third kappa shape index (κ3) is 4.36. The first-order valence-corrected chi connectivity index (χ1v) is 7.52. The van der Waals surface area contributed by atoms with E-state index in [1.807, 2.05) is 23.1 Å². The van der Waals surface area contributed by atoms with Crippen molar-refractivity contribution in [2.45, 2.75) is 19.8 Å².